The maximum absolute atomic E-state index is 10.8. The standard InChI is InChI=1S/C14H11N3O2/c1-17(13-4-2-3-11(9-15)16-13)12-7-5-10(6-8-12)14(18)19/h2-8H,1H3,(H,18,19). The van der Waals surface area contributed by atoms with Gasteiger partial charge in [0.05, 0.1) is 5.56 Å². The monoisotopic (exact) mass is 253 g/mol. The molecule has 0 aliphatic carbocycles. The molecule has 1 N–H and O–H groups in total. The number of carbonyl (C=O) groups is 1. The Morgan fingerprint density at radius 3 is 2.53 bits per heavy atom. The van der Waals surface area contributed by atoms with Crippen LogP contribution >= 0.6 is 0 Å². The van der Waals surface area contributed by atoms with Gasteiger partial charge >= 0.3 is 5.97 Å². The molecule has 0 aliphatic heterocycles. The Balaban J connectivity index is 2.30. The van der Waals surface area contributed by atoms with Gasteiger partial charge in [-0.25, -0.2) is 9.78 Å². The van der Waals surface area contributed by atoms with Crippen molar-refractivity contribution in [3.8, 4) is 6.07 Å². The number of rotatable bonds is 3. The quantitative estimate of drug-likeness (QED) is 0.908. The van der Waals surface area contributed by atoms with Gasteiger partial charge in [-0.2, -0.15) is 5.26 Å². The lowest BCUT2D eigenvalue weighted by Crippen LogP contribution is -2.11. The minimum Gasteiger partial charge on any atom is -0.478 e. The number of hydrogen-bond acceptors (Lipinski definition) is 4. The highest BCUT2D eigenvalue weighted by molar-refractivity contribution is 5.88. The first-order valence-electron chi connectivity index (χ1n) is 5.56. The van der Waals surface area contributed by atoms with Crippen LogP contribution in [0.3, 0.4) is 0 Å². The largest absolute Gasteiger partial charge is 0.478 e. The fourth-order valence-electron chi connectivity index (χ4n) is 1.63. The maximum atomic E-state index is 10.8. The third-order valence-corrected chi connectivity index (χ3v) is 2.69. The van der Waals surface area contributed by atoms with Crippen LogP contribution in [-0.2, 0) is 0 Å². The molecule has 0 amide bonds. The van der Waals surface area contributed by atoms with Crippen molar-refractivity contribution in [3.05, 3.63) is 53.7 Å². The van der Waals surface area contributed by atoms with Gasteiger partial charge in [0.2, 0.25) is 0 Å². The van der Waals surface area contributed by atoms with Crippen molar-refractivity contribution in [1.29, 1.82) is 5.26 Å². The van der Waals surface area contributed by atoms with Crippen molar-refractivity contribution < 1.29 is 9.90 Å². The predicted molar refractivity (Wildman–Crippen MR) is 70.4 cm³/mol. The topological polar surface area (TPSA) is 77.2 Å². The molecule has 0 radical (unpaired) electrons. The van der Waals surface area contributed by atoms with E-state index in [1.165, 1.54) is 12.1 Å². The smallest absolute Gasteiger partial charge is 0.335 e. The van der Waals surface area contributed by atoms with Gasteiger partial charge in [0.25, 0.3) is 0 Å². The van der Waals surface area contributed by atoms with Crippen LogP contribution in [0.25, 0.3) is 0 Å². The van der Waals surface area contributed by atoms with Crippen LogP contribution in [0.4, 0.5) is 11.5 Å². The summed E-state index contributed by atoms with van der Waals surface area (Å²) in [6.45, 7) is 0. The Morgan fingerprint density at radius 2 is 1.95 bits per heavy atom. The van der Waals surface area contributed by atoms with Crippen LogP contribution in [0.5, 0.6) is 0 Å². The van der Waals surface area contributed by atoms with Crippen LogP contribution in [0.15, 0.2) is 42.5 Å². The zero-order chi connectivity index (χ0) is 13.8. The van der Waals surface area contributed by atoms with Crippen LogP contribution in [0, 0.1) is 11.3 Å². The van der Waals surface area contributed by atoms with Gasteiger partial charge < -0.3 is 10.0 Å². The van der Waals surface area contributed by atoms with Crippen molar-refractivity contribution in [2.45, 2.75) is 0 Å². The molecule has 2 rings (SSSR count). The number of nitrogens with zero attached hydrogens (tertiary/aromatic N) is 3. The molecule has 0 atom stereocenters. The van der Waals surface area contributed by atoms with E-state index in [1.807, 2.05) is 6.07 Å². The number of aromatic carboxylic acids is 1. The van der Waals surface area contributed by atoms with E-state index < -0.39 is 5.97 Å². The highest BCUT2D eigenvalue weighted by atomic mass is 16.4. The number of carboxylic acid groups (broad SMARTS) is 1. The second-order valence-corrected chi connectivity index (χ2v) is 3.90. The molecule has 0 saturated carbocycles. The van der Waals surface area contributed by atoms with E-state index in [9.17, 15) is 4.79 Å². The number of pyridine rings is 1. The number of hydrogen-bond donors (Lipinski definition) is 1. The van der Waals surface area contributed by atoms with Gasteiger partial charge in [0.1, 0.15) is 17.6 Å². The van der Waals surface area contributed by atoms with Crippen molar-refractivity contribution in [2.24, 2.45) is 0 Å². The second-order valence-electron chi connectivity index (χ2n) is 3.90. The van der Waals surface area contributed by atoms with Gasteiger partial charge in [-0.15, -0.1) is 0 Å². The molecule has 1 heterocycles. The number of aromatic nitrogens is 1. The molecule has 0 fully saturated rings. The zero-order valence-corrected chi connectivity index (χ0v) is 10.2. The second kappa shape index (κ2) is 5.19. The number of nitriles is 1. The van der Waals surface area contributed by atoms with Crippen molar-refractivity contribution in [1.82, 2.24) is 4.98 Å². The fraction of sp³-hybridized carbons (Fsp3) is 0.0714. The van der Waals surface area contributed by atoms with E-state index in [2.05, 4.69) is 4.98 Å². The minimum absolute atomic E-state index is 0.232. The molecule has 1 aromatic carbocycles. The van der Waals surface area contributed by atoms with E-state index in [4.69, 9.17) is 10.4 Å². The Bertz CT molecular complexity index is 644. The molecule has 1 aromatic heterocycles. The summed E-state index contributed by atoms with van der Waals surface area (Å²) in [5, 5.41) is 17.7. The molecule has 19 heavy (non-hydrogen) atoms. The summed E-state index contributed by atoms with van der Waals surface area (Å²) in [7, 11) is 1.80. The highest BCUT2D eigenvalue weighted by Gasteiger charge is 2.08. The summed E-state index contributed by atoms with van der Waals surface area (Å²) >= 11 is 0. The van der Waals surface area contributed by atoms with Crippen LogP contribution in [-0.4, -0.2) is 23.1 Å². The Kier molecular flexibility index (Phi) is 3.44. The lowest BCUT2D eigenvalue weighted by atomic mass is 10.2. The van der Waals surface area contributed by atoms with Crippen molar-refractivity contribution in [2.75, 3.05) is 11.9 Å². The van der Waals surface area contributed by atoms with Gasteiger partial charge in [-0.1, -0.05) is 6.07 Å². The van der Waals surface area contributed by atoms with Gasteiger partial charge in [-0.3, -0.25) is 0 Å². The average molecular weight is 253 g/mol. The first-order chi connectivity index (χ1) is 9.11. The highest BCUT2D eigenvalue weighted by Crippen LogP contribution is 2.22. The van der Waals surface area contributed by atoms with Crippen molar-refractivity contribution in [3.63, 3.8) is 0 Å². The van der Waals surface area contributed by atoms with Gasteiger partial charge in [0.15, 0.2) is 0 Å². The Labute approximate surface area is 110 Å². The molecule has 0 spiro atoms. The van der Waals surface area contributed by atoms with Crippen molar-refractivity contribution >= 4 is 17.5 Å². The summed E-state index contributed by atoms with van der Waals surface area (Å²) in [6, 6.07) is 13.6. The summed E-state index contributed by atoms with van der Waals surface area (Å²) in [6.07, 6.45) is 0. The lowest BCUT2D eigenvalue weighted by Gasteiger charge is -2.18. The van der Waals surface area contributed by atoms with Crippen LogP contribution in [0.2, 0.25) is 0 Å². The summed E-state index contributed by atoms with van der Waals surface area (Å²) in [5.41, 5.74) is 1.37. The number of benzene rings is 1. The zero-order valence-electron chi connectivity index (χ0n) is 10.2. The van der Waals surface area contributed by atoms with Gasteiger partial charge in [0, 0.05) is 12.7 Å². The molecule has 94 valence electrons. The molecule has 5 heteroatoms. The van der Waals surface area contributed by atoms with E-state index in [-0.39, 0.29) is 5.56 Å². The third-order valence-electron chi connectivity index (χ3n) is 2.69. The molecule has 2 aromatic rings. The Morgan fingerprint density at radius 1 is 1.26 bits per heavy atom. The van der Waals surface area contributed by atoms with E-state index >= 15 is 0 Å². The minimum atomic E-state index is -0.959. The maximum Gasteiger partial charge on any atom is 0.335 e. The summed E-state index contributed by atoms with van der Waals surface area (Å²) in [5.74, 6) is -0.332. The molecule has 0 bridgehead atoms. The first kappa shape index (κ1) is 12.6. The third kappa shape index (κ3) is 2.69. The van der Waals surface area contributed by atoms with Crippen LogP contribution in [0.1, 0.15) is 16.1 Å². The number of carboxylic acids is 1. The normalized spacial score (nSPS) is 9.68. The van der Waals surface area contributed by atoms with E-state index in [0.717, 1.165) is 5.69 Å². The molecular weight excluding hydrogens is 242 g/mol. The lowest BCUT2D eigenvalue weighted by molar-refractivity contribution is 0.0697. The van der Waals surface area contributed by atoms with E-state index in [1.54, 1.807) is 42.3 Å². The molecule has 0 unspecified atom stereocenters. The van der Waals surface area contributed by atoms with Gasteiger partial charge in [-0.05, 0) is 36.4 Å². The Hall–Kier alpha value is -2.87. The fourth-order valence-corrected chi connectivity index (χ4v) is 1.63. The first-order valence-corrected chi connectivity index (χ1v) is 5.56. The molecular formula is C14H11N3O2. The predicted octanol–water partition coefficient (Wildman–Crippen LogP) is 2.42. The molecule has 5 nitrogen and oxygen atoms in total. The summed E-state index contributed by atoms with van der Waals surface area (Å²) < 4.78 is 0. The van der Waals surface area contributed by atoms with Crippen LogP contribution < -0.4 is 4.90 Å². The SMILES string of the molecule is CN(c1ccc(C(=O)O)cc1)c1cccc(C#N)n1. The molecule has 0 saturated heterocycles. The molecule has 0 aliphatic rings. The van der Waals surface area contributed by atoms with E-state index in [0.29, 0.717) is 11.5 Å². The summed E-state index contributed by atoms with van der Waals surface area (Å²) in [4.78, 5) is 16.7. The number of anilines is 2. The average Bonchev–Trinajstić information content (AvgIpc) is 2.46.